The molecule has 2 nitrogen and oxygen atoms in total. The van der Waals surface area contributed by atoms with Gasteiger partial charge in [-0.1, -0.05) is 29.8 Å². The minimum Gasteiger partial charge on any atom is -0.234 e. The molecule has 1 rings (SSSR count). The lowest BCUT2D eigenvalue weighted by Gasteiger charge is -2.14. The molecule has 0 saturated carbocycles. The molecule has 0 unspecified atom stereocenters. The van der Waals surface area contributed by atoms with E-state index in [1.807, 2.05) is 58.9 Å². The van der Waals surface area contributed by atoms with Crippen molar-refractivity contribution in [3.8, 4) is 0 Å². The summed E-state index contributed by atoms with van der Waals surface area (Å²) in [6, 6.07) is 8.09. The van der Waals surface area contributed by atoms with Gasteiger partial charge in [0.25, 0.3) is 0 Å². The monoisotopic (exact) mass is 237 g/mol. The van der Waals surface area contributed by atoms with Gasteiger partial charge >= 0.3 is 0 Å². The van der Waals surface area contributed by atoms with Crippen LogP contribution in [0.15, 0.2) is 28.7 Å². The summed E-state index contributed by atoms with van der Waals surface area (Å²) in [5, 5.41) is 0. The highest BCUT2D eigenvalue weighted by Crippen LogP contribution is 2.14. The maximum absolute atomic E-state index is 11.8. The van der Waals surface area contributed by atoms with Crippen LogP contribution in [0, 0.1) is 6.92 Å². The molecule has 0 aliphatic heterocycles. The van der Waals surface area contributed by atoms with E-state index in [1.165, 1.54) is 5.56 Å². The van der Waals surface area contributed by atoms with Crippen LogP contribution in [0.3, 0.4) is 0 Å². The van der Waals surface area contributed by atoms with Crippen LogP contribution in [0.4, 0.5) is 0 Å². The average Bonchev–Trinajstić information content (AvgIpc) is 2.17. The maximum Gasteiger partial charge on any atom is 0.145 e. The second-order valence-electron chi connectivity index (χ2n) is 4.90. The Balaban J connectivity index is 2.94. The number of hydrogen-bond donors (Lipinski definition) is 0. The van der Waals surface area contributed by atoms with E-state index < -0.39 is 11.0 Å². The first kappa shape index (κ1) is 13.1. The van der Waals surface area contributed by atoms with Crippen LogP contribution in [-0.2, 0) is 11.0 Å². The Morgan fingerprint density at radius 3 is 2.12 bits per heavy atom. The highest BCUT2D eigenvalue weighted by atomic mass is 32.2. The van der Waals surface area contributed by atoms with E-state index >= 15 is 0 Å². The molecule has 1 aromatic rings. The molecule has 0 aromatic heterocycles. The number of hydrogen-bond acceptors (Lipinski definition) is 1. The lowest BCUT2D eigenvalue weighted by Crippen LogP contribution is -2.20. The molecular weight excluding hydrogens is 218 g/mol. The molecule has 0 amide bonds. The van der Waals surface area contributed by atoms with Crippen LogP contribution >= 0.6 is 0 Å². The molecule has 3 heteroatoms. The first-order valence-electron chi connectivity index (χ1n) is 5.35. The van der Waals surface area contributed by atoms with Crippen LogP contribution < -0.4 is 0 Å². The maximum atomic E-state index is 11.8. The zero-order valence-electron chi connectivity index (χ0n) is 10.6. The molecule has 0 N–H and O–H groups in total. The first-order chi connectivity index (χ1) is 7.30. The molecule has 0 saturated heterocycles. The van der Waals surface area contributed by atoms with Gasteiger partial charge in [0.05, 0.1) is 10.5 Å². The molecule has 1 aromatic carbocycles. The van der Waals surface area contributed by atoms with Crippen molar-refractivity contribution < 1.29 is 4.21 Å². The summed E-state index contributed by atoms with van der Waals surface area (Å²) in [5.74, 6) is 0. The molecule has 0 aliphatic rings. The summed E-state index contributed by atoms with van der Waals surface area (Å²) >= 11 is 0. The standard InChI is InChI=1S/C13H19NOS/c1-10-6-8-12(9-7-10)11(2)14-16(15)13(3,4)5/h6-9H,1-5H3/b14-11+/t16-/m0/s1. The topological polar surface area (TPSA) is 29.4 Å². The SMILES string of the molecule is C/C(=N\[S@@](=O)C(C)(C)C)c1ccc(C)cc1. The predicted octanol–water partition coefficient (Wildman–Crippen LogP) is 3.27. The van der Waals surface area contributed by atoms with Gasteiger partial charge in [0.1, 0.15) is 11.0 Å². The van der Waals surface area contributed by atoms with E-state index in [0.717, 1.165) is 11.3 Å². The van der Waals surface area contributed by atoms with Crippen molar-refractivity contribution in [2.45, 2.75) is 39.4 Å². The summed E-state index contributed by atoms with van der Waals surface area (Å²) in [6.07, 6.45) is 0. The average molecular weight is 237 g/mol. The second-order valence-corrected chi connectivity index (χ2v) is 6.81. The van der Waals surface area contributed by atoms with Gasteiger partial charge < -0.3 is 0 Å². The first-order valence-corrected chi connectivity index (χ1v) is 6.46. The molecule has 88 valence electrons. The Bertz CT molecular complexity index is 413. The van der Waals surface area contributed by atoms with Gasteiger partial charge in [-0.25, -0.2) is 4.21 Å². The molecule has 0 aliphatic carbocycles. The van der Waals surface area contributed by atoms with Crippen molar-refractivity contribution in [3.63, 3.8) is 0 Å². The van der Waals surface area contributed by atoms with Crippen molar-refractivity contribution in [2.75, 3.05) is 0 Å². The zero-order valence-corrected chi connectivity index (χ0v) is 11.4. The third-order valence-corrected chi connectivity index (χ3v) is 3.70. The summed E-state index contributed by atoms with van der Waals surface area (Å²) < 4.78 is 15.8. The largest absolute Gasteiger partial charge is 0.234 e. The fourth-order valence-corrected chi connectivity index (χ4v) is 1.74. The number of aryl methyl sites for hydroxylation is 1. The van der Waals surface area contributed by atoms with E-state index in [4.69, 9.17) is 0 Å². The third kappa shape index (κ3) is 3.56. The zero-order chi connectivity index (χ0) is 12.3. The number of nitrogens with zero attached hydrogens (tertiary/aromatic N) is 1. The van der Waals surface area contributed by atoms with Gasteiger partial charge in [0, 0.05) is 0 Å². The van der Waals surface area contributed by atoms with Crippen molar-refractivity contribution in [1.29, 1.82) is 0 Å². The Kier molecular flexibility index (Phi) is 4.03. The smallest absolute Gasteiger partial charge is 0.145 e. The van der Waals surface area contributed by atoms with Gasteiger partial charge in [-0.05, 0) is 40.2 Å². The molecule has 0 fully saturated rings. The highest BCUT2D eigenvalue weighted by Gasteiger charge is 2.19. The van der Waals surface area contributed by atoms with Crippen molar-refractivity contribution in [3.05, 3.63) is 35.4 Å². The van der Waals surface area contributed by atoms with Crippen molar-refractivity contribution in [1.82, 2.24) is 0 Å². The van der Waals surface area contributed by atoms with Gasteiger partial charge in [0.2, 0.25) is 0 Å². The summed E-state index contributed by atoms with van der Waals surface area (Å²) in [4.78, 5) is 0. The van der Waals surface area contributed by atoms with Crippen LogP contribution in [0.25, 0.3) is 0 Å². The van der Waals surface area contributed by atoms with Crippen LogP contribution in [0.2, 0.25) is 0 Å². The second kappa shape index (κ2) is 4.91. The summed E-state index contributed by atoms with van der Waals surface area (Å²) in [5.41, 5.74) is 3.07. The van der Waals surface area contributed by atoms with Crippen LogP contribution in [0.1, 0.15) is 38.8 Å². The molecular formula is C13H19NOS. The molecule has 1 atom stereocenters. The summed E-state index contributed by atoms with van der Waals surface area (Å²) in [7, 11) is -1.19. The van der Waals surface area contributed by atoms with Gasteiger partial charge in [0.15, 0.2) is 0 Å². The lowest BCUT2D eigenvalue weighted by atomic mass is 10.1. The highest BCUT2D eigenvalue weighted by molar-refractivity contribution is 7.85. The normalized spacial score (nSPS) is 14.9. The van der Waals surface area contributed by atoms with Crippen molar-refractivity contribution in [2.24, 2.45) is 4.40 Å². The van der Waals surface area contributed by atoms with Gasteiger partial charge in [-0.15, -0.1) is 0 Å². The quantitative estimate of drug-likeness (QED) is 0.726. The van der Waals surface area contributed by atoms with Gasteiger partial charge in [-0.3, -0.25) is 0 Å². The lowest BCUT2D eigenvalue weighted by molar-refractivity contribution is 0.650. The fourth-order valence-electron chi connectivity index (χ4n) is 1.11. The molecule has 16 heavy (non-hydrogen) atoms. The van der Waals surface area contributed by atoms with Crippen LogP contribution in [-0.4, -0.2) is 14.7 Å². The number of benzene rings is 1. The van der Waals surface area contributed by atoms with E-state index in [9.17, 15) is 4.21 Å². The van der Waals surface area contributed by atoms with Crippen molar-refractivity contribution >= 4 is 16.7 Å². The Hall–Kier alpha value is -0.960. The Labute approximate surface area is 100 Å². The Morgan fingerprint density at radius 1 is 1.19 bits per heavy atom. The minimum atomic E-state index is -1.19. The van der Waals surface area contributed by atoms with E-state index in [1.54, 1.807) is 0 Å². The predicted molar refractivity (Wildman–Crippen MR) is 71.3 cm³/mol. The molecule has 0 spiro atoms. The third-order valence-electron chi connectivity index (χ3n) is 2.21. The van der Waals surface area contributed by atoms with E-state index in [0.29, 0.717) is 0 Å². The van der Waals surface area contributed by atoms with Gasteiger partial charge in [-0.2, -0.15) is 4.40 Å². The van der Waals surface area contributed by atoms with E-state index in [2.05, 4.69) is 4.40 Å². The Morgan fingerprint density at radius 2 is 1.69 bits per heavy atom. The molecule has 0 bridgehead atoms. The fraction of sp³-hybridized carbons (Fsp3) is 0.462. The summed E-state index contributed by atoms with van der Waals surface area (Å²) in [6.45, 7) is 9.72. The van der Waals surface area contributed by atoms with Crippen LogP contribution in [0.5, 0.6) is 0 Å². The van der Waals surface area contributed by atoms with E-state index in [-0.39, 0.29) is 4.75 Å². The number of rotatable bonds is 2. The minimum absolute atomic E-state index is 0.300. The molecule has 0 heterocycles. The molecule has 0 radical (unpaired) electrons.